The highest BCUT2D eigenvalue weighted by molar-refractivity contribution is 6.09. The molecule has 3 aromatic rings. The number of aliphatic imine (C=N–C) groups is 1. The van der Waals surface area contributed by atoms with Crippen LogP contribution < -0.4 is 0 Å². The Kier molecular flexibility index (Phi) is 4.80. The van der Waals surface area contributed by atoms with E-state index in [1.807, 2.05) is 0 Å². The van der Waals surface area contributed by atoms with Crippen LogP contribution in [0.3, 0.4) is 0 Å². The molecular weight excluding hydrogens is 340 g/mol. The molecule has 2 aromatic carbocycles. The van der Waals surface area contributed by atoms with E-state index in [-0.39, 0.29) is 0 Å². The summed E-state index contributed by atoms with van der Waals surface area (Å²) in [4.78, 5) is 5.04. The van der Waals surface area contributed by atoms with Crippen molar-refractivity contribution < 1.29 is 0 Å². The first-order valence-electron chi connectivity index (χ1n) is 10.1. The van der Waals surface area contributed by atoms with Gasteiger partial charge < -0.3 is 4.57 Å². The SMILES string of the molecule is CC1=C(c2ccccc2)N=C(c2cc(C)n(-c3ccc(C(C)C)cc3)c2C)C1. The maximum Gasteiger partial charge on any atom is 0.0698 e. The molecular formula is C26H28N2. The minimum atomic E-state index is 0.551. The Hall–Kier alpha value is -2.87. The molecule has 0 radical (unpaired) electrons. The van der Waals surface area contributed by atoms with Crippen molar-refractivity contribution in [1.29, 1.82) is 0 Å². The second kappa shape index (κ2) is 7.27. The van der Waals surface area contributed by atoms with E-state index < -0.39 is 0 Å². The lowest BCUT2D eigenvalue weighted by Crippen LogP contribution is -2.03. The Morgan fingerprint density at radius 2 is 1.57 bits per heavy atom. The van der Waals surface area contributed by atoms with Crippen molar-refractivity contribution in [3.63, 3.8) is 0 Å². The zero-order valence-electron chi connectivity index (χ0n) is 17.5. The van der Waals surface area contributed by atoms with E-state index in [4.69, 9.17) is 4.99 Å². The van der Waals surface area contributed by atoms with Gasteiger partial charge in [-0.25, -0.2) is 0 Å². The molecule has 2 heterocycles. The van der Waals surface area contributed by atoms with Gasteiger partial charge in [0.15, 0.2) is 0 Å². The summed E-state index contributed by atoms with van der Waals surface area (Å²) >= 11 is 0. The molecule has 1 aliphatic heterocycles. The Morgan fingerprint density at radius 3 is 2.21 bits per heavy atom. The summed E-state index contributed by atoms with van der Waals surface area (Å²) in [6.07, 6.45) is 0.917. The zero-order chi connectivity index (χ0) is 19.8. The van der Waals surface area contributed by atoms with Crippen LogP contribution in [0.25, 0.3) is 11.4 Å². The first-order valence-corrected chi connectivity index (χ1v) is 10.1. The maximum absolute atomic E-state index is 5.04. The molecule has 0 fully saturated rings. The van der Waals surface area contributed by atoms with E-state index in [1.165, 1.54) is 45.1 Å². The largest absolute Gasteiger partial charge is 0.318 e. The highest BCUT2D eigenvalue weighted by atomic mass is 15.0. The fraction of sp³-hybridized carbons (Fsp3) is 0.269. The van der Waals surface area contributed by atoms with Crippen molar-refractivity contribution in [3.05, 3.63) is 94.3 Å². The molecule has 0 saturated heterocycles. The van der Waals surface area contributed by atoms with E-state index in [0.29, 0.717) is 5.92 Å². The molecule has 0 saturated carbocycles. The monoisotopic (exact) mass is 368 g/mol. The molecule has 0 N–H and O–H groups in total. The summed E-state index contributed by atoms with van der Waals surface area (Å²) in [7, 11) is 0. The van der Waals surface area contributed by atoms with Crippen LogP contribution in [0.1, 0.15) is 61.2 Å². The maximum atomic E-state index is 5.04. The molecule has 1 aliphatic rings. The summed E-state index contributed by atoms with van der Waals surface area (Å²) in [5.74, 6) is 0.551. The van der Waals surface area contributed by atoms with Gasteiger partial charge in [0.25, 0.3) is 0 Å². The number of rotatable bonds is 4. The van der Waals surface area contributed by atoms with Crippen LogP contribution in [-0.2, 0) is 0 Å². The standard InChI is InChI=1S/C26H28N2/c1-17(2)21-11-13-23(14-12-21)28-19(4)16-24(20(28)5)25-15-18(3)26(27-25)22-9-7-6-8-10-22/h6-14,16-17H,15H2,1-5H3. The third kappa shape index (κ3) is 3.24. The highest BCUT2D eigenvalue weighted by Crippen LogP contribution is 2.33. The van der Waals surface area contributed by atoms with Crippen LogP contribution in [0, 0.1) is 13.8 Å². The molecule has 1 aromatic heterocycles. The Labute approximate surface area is 168 Å². The molecule has 0 aliphatic carbocycles. The van der Waals surface area contributed by atoms with Gasteiger partial charge in [0.2, 0.25) is 0 Å². The predicted molar refractivity (Wildman–Crippen MR) is 120 cm³/mol. The van der Waals surface area contributed by atoms with E-state index in [0.717, 1.165) is 12.1 Å². The molecule has 0 atom stereocenters. The molecule has 0 spiro atoms. The van der Waals surface area contributed by atoms with E-state index in [1.54, 1.807) is 0 Å². The smallest absolute Gasteiger partial charge is 0.0698 e. The lowest BCUT2D eigenvalue weighted by molar-refractivity contribution is 0.863. The number of aromatic nitrogens is 1. The van der Waals surface area contributed by atoms with E-state index in [2.05, 4.69) is 99.8 Å². The summed E-state index contributed by atoms with van der Waals surface area (Å²) in [6, 6.07) is 21.7. The van der Waals surface area contributed by atoms with Crippen LogP contribution in [0.15, 0.2) is 71.2 Å². The Bertz CT molecular complexity index is 1060. The van der Waals surface area contributed by atoms with Crippen molar-refractivity contribution >= 4 is 11.4 Å². The summed E-state index contributed by atoms with van der Waals surface area (Å²) < 4.78 is 2.35. The molecule has 0 bridgehead atoms. The summed E-state index contributed by atoms with van der Waals surface area (Å²) in [5.41, 5.74) is 11.2. The van der Waals surface area contributed by atoms with Crippen LogP contribution in [-0.4, -0.2) is 10.3 Å². The third-order valence-corrected chi connectivity index (χ3v) is 5.69. The fourth-order valence-electron chi connectivity index (χ4n) is 4.13. The number of nitrogens with zero attached hydrogens (tertiary/aromatic N) is 2. The molecule has 28 heavy (non-hydrogen) atoms. The molecule has 0 amide bonds. The van der Waals surface area contributed by atoms with Gasteiger partial charge in [0.1, 0.15) is 0 Å². The van der Waals surface area contributed by atoms with Crippen LogP contribution >= 0.6 is 0 Å². The lowest BCUT2D eigenvalue weighted by atomic mass is 10.0. The first kappa shape index (κ1) is 18.5. The van der Waals surface area contributed by atoms with Gasteiger partial charge in [0.05, 0.1) is 11.4 Å². The van der Waals surface area contributed by atoms with E-state index in [9.17, 15) is 0 Å². The average molecular weight is 369 g/mol. The third-order valence-electron chi connectivity index (χ3n) is 5.69. The lowest BCUT2D eigenvalue weighted by Gasteiger charge is -2.12. The molecule has 4 rings (SSSR count). The predicted octanol–water partition coefficient (Wildman–Crippen LogP) is 6.84. The van der Waals surface area contributed by atoms with Crippen LogP contribution in [0.4, 0.5) is 0 Å². The minimum Gasteiger partial charge on any atom is -0.318 e. The number of hydrogen-bond acceptors (Lipinski definition) is 1. The van der Waals surface area contributed by atoms with Crippen LogP contribution in [0.2, 0.25) is 0 Å². The Morgan fingerprint density at radius 1 is 0.893 bits per heavy atom. The average Bonchev–Trinajstić information content (AvgIpc) is 3.22. The zero-order valence-corrected chi connectivity index (χ0v) is 17.5. The summed E-state index contributed by atoms with van der Waals surface area (Å²) in [5, 5.41) is 0. The topological polar surface area (TPSA) is 17.3 Å². The van der Waals surface area contributed by atoms with Crippen molar-refractivity contribution in [2.24, 2.45) is 4.99 Å². The minimum absolute atomic E-state index is 0.551. The van der Waals surface area contributed by atoms with Crippen LogP contribution in [0.5, 0.6) is 0 Å². The second-order valence-electron chi connectivity index (χ2n) is 8.10. The molecule has 142 valence electrons. The quantitative estimate of drug-likeness (QED) is 0.479. The highest BCUT2D eigenvalue weighted by Gasteiger charge is 2.21. The number of aryl methyl sites for hydroxylation is 1. The van der Waals surface area contributed by atoms with Gasteiger partial charge in [-0.3, -0.25) is 4.99 Å². The first-order chi connectivity index (χ1) is 13.5. The second-order valence-corrected chi connectivity index (χ2v) is 8.10. The van der Waals surface area contributed by atoms with Crippen molar-refractivity contribution in [1.82, 2.24) is 4.57 Å². The van der Waals surface area contributed by atoms with Gasteiger partial charge in [0, 0.05) is 34.6 Å². The molecule has 2 nitrogen and oxygen atoms in total. The summed E-state index contributed by atoms with van der Waals surface area (Å²) in [6.45, 7) is 11.1. The number of hydrogen-bond donors (Lipinski definition) is 0. The van der Waals surface area contributed by atoms with Gasteiger partial charge >= 0.3 is 0 Å². The van der Waals surface area contributed by atoms with Gasteiger partial charge in [-0.1, -0.05) is 56.3 Å². The van der Waals surface area contributed by atoms with Crippen molar-refractivity contribution in [2.75, 3.05) is 0 Å². The number of allylic oxidation sites excluding steroid dienone is 1. The normalized spacial score (nSPS) is 14.1. The van der Waals surface area contributed by atoms with Gasteiger partial charge in [-0.15, -0.1) is 0 Å². The molecule has 2 heteroatoms. The van der Waals surface area contributed by atoms with E-state index >= 15 is 0 Å². The van der Waals surface area contributed by atoms with Gasteiger partial charge in [-0.05, 0) is 56.0 Å². The van der Waals surface area contributed by atoms with Crippen molar-refractivity contribution in [2.45, 2.75) is 47.0 Å². The molecule has 0 unspecified atom stereocenters. The Balaban J connectivity index is 1.71. The number of benzene rings is 2. The fourth-order valence-corrected chi connectivity index (χ4v) is 4.13. The van der Waals surface area contributed by atoms with Gasteiger partial charge in [-0.2, -0.15) is 0 Å². The van der Waals surface area contributed by atoms with Crippen molar-refractivity contribution in [3.8, 4) is 5.69 Å².